The first-order valence-electron chi connectivity index (χ1n) is 7.04. The van der Waals surface area contributed by atoms with Crippen molar-refractivity contribution >= 4 is 11.7 Å². The van der Waals surface area contributed by atoms with Gasteiger partial charge in [0.25, 0.3) is 5.91 Å². The summed E-state index contributed by atoms with van der Waals surface area (Å²) in [5, 5.41) is 3.01. The van der Waals surface area contributed by atoms with Gasteiger partial charge in [-0.05, 0) is 25.8 Å². The van der Waals surface area contributed by atoms with Crippen LogP contribution in [0.5, 0.6) is 0 Å². The van der Waals surface area contributed by atoms with Crippen molar-refractivity contribution in [1.29, 1.82) is 0 Å². The topological polar surface area (TPSA) is 96.2 Å². The summed E-state index contributed by atoms with van der Waals surface area (Å²) >= 11 is 0. The molecule has 0 saturated carbocycles. The van der Waals surface area contributed by atoms with E-state index in [0.29, 0.717) is 5.82 Å². The molecule has 7 heteroatoms. The Morgan fingerprint density at radius 3 is 2.85 bits per heavy atom. The number of nitrogens with two attached hydrogens (primary N) is 1. The quantitative estimate of drug-likeness (QED) is 0.532. The second-order valence-corrected chi connectivity index (χ2v) is 5.02. The molecule has 1 fully saturated rings. The lowest BCUT2D eigenvalue weighted by Gasteiger charge is -2.31. The van der Waals surface area contributed by atoms with Crippen LogP contribution >= 0.6 is 0 Å². The van der Waals surface area contributed by atoms with Gasteiger partial charge in [0.2, 0.25) is 0 Å². The van der Waals surface area contributed by atoms with Crippen LogP contribution in [0.25, 0.3) is 0 Å². The number of hydrogen-bond acceptors (Lipinski definition) is 6. The summed E-state index contributed by atoms with van der Waals surface area (Å²) in [5.74, 6) is 5.45. The maximum Gasteiger partial charge on any atom is 0.271 e. The number of likely N-dealkylation sites (tertiary alicyclic amines) is 1. The number of carbonyl (C=O) groups excluding carboxylic acids is 1. The minimum Gasteiger partial charge on any atom is -0.348 e. The second-order valence-electron chi connectivity index (χ2n) is 5.02. The molecule has 110 valence electrons. The third-order valence-corrected chi connectivity index (χ3v) is 3.48. The molecule has 2 heterocycles. The van der Waals surface area contributed by atoms with Gasteiger partial charge >= 0.3 is 0 Å². The number of carbonyl (C=O) groups is 1. The van der Waals surface area contributed by atoms with Gasteiger partial charge in [-0.15, -0.1) is 0 Å². The fourth-order valence-electron chi connectivity index (χ4n) is 2.42. The van der Waals surface area contributed by atoms with Crippen LogP contribution in [0.1, 0.15) is 36.7 Å². The first-order valence-corrected chi connectivity index (χ1v) is 7.04. The monoisotopic (exact) mass is 278 g/mol. The van der Waals surface area contributed by atoms with Crippen molar-refractivity contribution in [2.75, 3.05) is 25.1 Å². The highest BCUT2D eigenvalue weighted by Crippen LogP contribution is 2.11. The molecule has 1 aromatic rings. The first-order chi connectivity index (χ1) is 9.72. The number of rotatable bonds is 5. The van der Waals surface area contributed by atoms with Gasteiger partial charge in [0.15, 0.2) is 5.82 Å². The maximum absolute atomic E-state index is 12.1. The van der Waals surface area contributed by atoms with Gasteiger partial charge < -0.3 is 15.6 Å². The zero-order valence-electron chi connectivity index (χ0n) is 11.8. The summed E-state index contributed by atoms with van der Waals surface area (Å²) in [6.45, 7) is 5.39. The van der Waals surface area contributed by atoms with E-state index in [1.165, 1.54) is 18.8 Å². The zero-order valence-corrected chi connectivity index (χ0v) is 11.8. The maximum atomic E-state index is 12.1. The van der Waals surface area contributed by atoms with Crippen LogP contribution in [0.15, 0.2) is 12.4 Å². The minimum atomic E-state index is -0.191. The Morgan fingerprint density at radius 1 is 1.45 bits per heavy atom. The highest BCUT2D eigenvalue weighted by molar-refractivity contribution is 5.92. The average Bonchev–Trinajstić information content (AvgIpc) is 2.49. The van der Waals surface area contributed by atoms with Gasteiger partial charge in [-0.3, -0.25) is 9.78 Å². The molecule has 0 aromatic carbocycles. The summed E-state index contributed by atoms with van der Waals surface area (Å²) in [6.07, 6.45) is 6.05. The number of hydrazine groups is 1. The Hall–Kier alpha value is -1.73. The lowest BCUT2D eigenvalue weighted by Crippen LogP contribution is -2.45. The molecule has 7 nitrogen and oxygen atoms in total. The van der Waals surface area contributed by atoms with Crippen molar-refractivity contribution in [3.05, 3.63) is 18.1 Å². The molecule has 0 aliphatic carbocycles. The summed E-state index contributed by atoms with van der Waals surface area (Å²) < 4.78 is 0. The highest BCUT2D eigenvalue weighted by Gasteiger charge is 2.21. The van der Waals surface area contributed by atoms with E-state index in [1.54, 1.807) is 0 Å². The van der Waals surface area contributed by atoms with Crippen molar-refractivity contribution in [2.24, 2.45) is 5.84 Å². The van der Waals surface area contributed by atoms with E-state index in [-0.39, 0.29) is 17.6 Å². The van der Waals surface area contributed by atoms with E-state index >= 15 is 0 Å². The van der Waals surface area contributed by atoms with Crippen LogP contribution in [0.3, 0.4) is 0 Å². The molecule has 4 N–H and O–H groups in total. The lowest BCUT2D eigenvalue weighted by atomic mass is 10.0. The number of nitrogens with zero attached hydrogens (tertiary/aromatic N) is 3. The highest BCUT2D eigenvalue weighted by atomic mass is 16.1. The average molecular weight is 278 g/mol. The molecule has 1 saturated heterocycles. The molecule has 0 unspecified atom stereocenters. The number of hydrogen-bond donors (Lipinski definition) is 3. The molecule has 2 rings (SSSR count). The molecule has 0 bridgehead atoms. The van der Waals surface area contributed by atoms with Gasteiger partial charge in [-0.1, -0.05) is 6.92 Å². The Labute approximate surface area is 118 Å². The van der Waals surface area contributed by atoms with Crippen LogP contribution < -0.4 is 16.6 Å². The van der Waals surface area contributed by atoms with Gasteiger partial charge in [-0.25, -0.2) is 10.8 Å². The molecule has 1 aliphatic rings. The first kappa shape index (κ1) is 14.7. The fraction of sp³-hybridized carbons (Fsp3) is 0.615. The number of amides is 1. The second kappa shape index (κ2) is 7.16. The van der Waals surface area contributed by atoms with E-state index in [2.05, 4.69) is 32.5 Å². The van der Waals surface area contributed by atoms with Crippen molar-refractivity contribution in [2.45, 2.75) is 32.2 Å². The predicted molar refractivity (Wildman–Crippen MR) is 77.1 cm³/mol. The zero-order chi connectivity index (χ0) is 14.4. The third kappa shape index (κ3) is 3.88. The van der Waals surface area contributed by atoms with E-state index < -0.39 is 0 Å². The minimum absolute atomic E-state index is 0.191. The summed E-state index contributed by atoms with van der Waals surface area (Å²) in [7, 11) is 0. The number of nitrogens with one attached hydrogen (secondary N) is 2. The summed E-state index contributed by atoms with van der Waals surface area (Å²) in [6, 6.07) is 0.215. The molecule has 20 heavy (non-hydrogen) atoms. The van der Waals surface area contributed by atoms with Crippen LogP contribution in [0.2, 0.25) is 0 Å². The summed E-state index contributed by atoms with van der Waals surface area (Å²) in [5.41, 5.74) is 2.67. The molecular formula is C13H22N6O. The third-order valence-electron chi connectivity index (χ3n) is 3.48. The van der Waals surface area contributed by atoms with Crippen LogP contribution in [0.4, 0.5) is 5.82 Å². The van der Waals surface area contributed by atoms with E-state index in [4.69, 9.17) is 5.84 Å². The Bertz CT molecular complexity index is 444. The molecular weight excluding hydrogens is 256 g/mol. The molecule has 1 aliphatic heterocycles. The van der Waals surface area contributed by atoms with E-state index in [9.17, 15) is 4.79 Å². The van der Waals surface area contributed by atoms with Crippen LogP contribution in [0, 0.1) is 0 Å². The molecule has 0 spiro atoms. The SMILES string of the molecule is CCCN1CCC(NC(=O)c2cncc(NN)n2)CC1. The van der Waals surface area contributed by atoms with E-state index in [1.807, 2.05) is 0 Å². The summed E-state index contributed by atoms with van der Waals surface area (Å²) in [4.78, 5) is 22.5. The fourth-order valence-corrected chi connectivity index (χ4v) is 2.42. The molecule has 0 atom stereocenters. The van der Waals surface area contributed by atoms with Gasteiger partial charge in [0.1, 0.15) is 5.69 Å². The van der Waals surface area contributed by atoms with Crippen LogP contribution in [-0.4, -0.2) is 46.5 Å². The lowest BCUT2D eigenvalue weighted by molar-refractivity contribution is 0.0906. The van der Waals surface area contributed by atoms with Crippen molar-refractivity contribution in [3.63, 3.8) is 0 Å². The standard InChI is InChI=1S/C13H22N6O/c1-2-5-19-6-3-10(4-7-19)16-13(20)11-8-15-9-12(17-11)18-14/h8-10H,2-7,14H2,1H3,(H,16,20)(H,17,18). The number of nitrogen functional groups attached to an aromatic ring is 1. The number of anilines is 1. The van der Waals surface area contributed by atoms with Gasteiger partial charge in [0, 0.05) is 19.1 Å². The Kier molecular flexibility index (Phi) is 5.25. The van der Waals surface area contributed by atoms with E-state index in [0.717, 1.165) is 32.5 Å². The Morgan fingerprint density at radius 2 is 2.20 bits per heavy atom. The normalized spacial score (nSPS) is 16.9. The van der Waals surface area contributed by atoms with Crippen molar-refractivity contribution in [3.8, 4) is 0 Å². The van der Waals surface area contributed by atoms with Gasteiger partial charge in [0.05, 0.1) is 12.4 Å². The largest absolute Gasteiger partial charge is 0.348 e. The number of piperidine rings is 1. The van der Waals surface area contributed by atoms with Crippen molar-refractivity contribution in [1.82, 2.24) is 20.2 Å². The van der Waals surface area contributed by atoms with Gasteiger partial charge in [-0.2, -0.15) is 0 Å². The van der Waals surface area contributed by atoms with Crippen LogP contribution in [-0.2, 0) is 0 Å². The Balaban J connectivity index is 1.86. The molecule has 1 aromatic heterocycles. The number of aromatic nitrogens is 2. The molecule has 0 radical (unpaired) electrons. The van der Waals surface area contributed by atoms with Crippen molar-refractivity contribution < 1.29 is 4.79 Å². The molecule has 1 amide bonds. The smallest absolute Gasteiger partial charge is 0.271 e. The predicted octanol–water partition coefficient (Wildman–Crippen LogP) is 0.366.